The highest BCUT2D eigenvalue weighted by Gasteiger charge is 2.27. The van der Waals surface area contributed by atoms with Crippen LogP contribution in [0.15, 0.2) is 5.16 Å². The molecule has 1 rings (SSSR count). The first-order chi connectivity index (χ1) is 5.65. The quantitative estimate of drug-likeness (QED) is 0.626. The molecule has 0 spiro atoms. The van der Waals surface area contributed by atoms with Crippen LogP contribution in [0.1, 0.15) is 33.6 Å². The van der Waals surface area contributed by atoms with Gasteiger partial charge in [0.25, 0.3) is 0 Å². The third kappa shape index (κ3) is 2.13. The fourth-order valence-corrected chi connectivity index (χ4v) is 1.32. The Morgan fingerprint density at radius 2 is 2.33 bits per heavy atom. The van der Waals surface area contributed by atoms with Crippen LogP contribution in [0.5, 0.6) is 0 Å². The van der Waals surface area contributed by atoms with Gasteiger partial charge in [0.15, 0.2) is 0 Å². The molecule has 0 bridgehead atoms. The van der Waals surface area contributed by atoms with E-state index in [0.29, 0.717) is 5.92 Å². The van der Waals surface area contributed by atoms with Gasteiger partial charge in [-0.1, -0.05) is 19.0 Å². The first-order valence-corrected chi connectivity index (χ1v) is 4.95. The van der Waals surface area contributed by atoms with Crippen LogP contribution in [0, 0.1) is 5.92 Å². The van der Waals surface area contributed by atoms with Gasteiger partial charge in [0.05, 0.1) is 11.1 Å². The Kier molecular flexibility index (Phi) is 3.39. The largest absolute Gasteiger partial charge is 0.391 e. The monoisotopic (exact) mass is 189 g/mol. The third-order valence-electron chi connectivity index (χ3n) is 2.41. The molecule has 0 fully saturated rings. The lowest BCUT2D eigenvalue weighted by Gasteiger charge is -2.10. The Balaban J connectivity index is 2.43. The lowest BCUT2D eigenvalue weighted by atomic mass is 9.98. The first kappa shape index (κ1) is 9.85. The van der Waals surface area contributed by atoms with Gasteiger partial charge in [-0.3, -0.25) is 0 Å². The van der Waals surface area contributed by atoms with E-state index in [1.54, 1.807) is 0 Å². The topological polar surface area (TPSA) is 21.6 Å². The van der Waals surface area contributed by atoms with Crippen LogP contribution >= 0.6 is 11.6 Å². The molecule has 0 saturated carbocycles. The van der Waals surface area contributed by atoms with E-state index in [2.05, 4.69) is 19.0 Å². The van der Waals surface area contributed by atoms with Gasteiger partial charge in [0, 0.05) is 6.42 Å². The highest BCUT2D eigenvalue weighted by molar-refractivity contribution is 6.21. The fraction of sp³-hybridized carbons (Fsp3) is 0.889. The van der Waals surface area contributed by atoms with Crippen LogP contribution in [0.2, 0.25) is 0 Å². The van der Waals surface area contributed by atoms with Crippen molar-refractivity contribution in [3.05, 3.63) is 0 Å². The summed E-state index contributed by atoms with van der Waals surface area (Å²) in [6, 6.07) is 0. The SMILES string of the molecule is CCC(C)C1=NOC(C(C)Cl)C1. The zero-order chi connectivity index (χ0) is 9.14. The first-order valence-electron chi connectivity index (χ1n) is 4.51. The van der Waals surface area contributed by atoms with Gasteiger partial charge in [-0.2, -0.15) is 0 Å². The third-order valence-corrected chi connectivity index (χ3v) is 2.69. The van der Waals surface area contributed by atoms with Crippen LogP contribution < -0.4 is 0 Å². The molecule has 0 N–H and O–H groups in total. The number of nitrogens with zero attached hydrogens (tertiary/aromatic N) is 1. The molecule has 1 aliphatic heterocycles. The molecule has 3 unspecified atom stereocenters. The molecule has 0 aromatic rings. The van der Waals surface area contributed by atoms with Crippen molar-refractivity contribution in [2.45, 2.75) is 45.1 Å². The maximum atomic E-state index is 5.90. The minimum Gasteiger partial charge on any atom is -0.391 e. The Morgan fingerprint density at radius 3 is 2.75 bits per heavy atom. The van der Waals surface area contributed by atoms with Crippen molar-refractivity contribution in [3.8, 4) is 0 Å². The summed E-state index contributed by atoms with van der Waals surface area (Å²) >= 11 is 5.90. The summed E-state index contributed by atoms with van der Waals surface area (Å²) < 4.78 is 0. The second-order valence-electron chi connectivity index (χ2n) is 3.42. The molecule has 0 aromatic heterocycles. The Hall–Kier alpha value is -0.240. The molecule has 0 aromatic carbocycles. The highest BCUT2D eigenvalue weighted by atomic mass is 35.5. The second kappa shape index (κ2) is 4.13. The Labute approximate surface area is 78.9 Å². The Morgan fingerprint density at radius 1 is 1.67 bits per heavy atom. The van der Waals surface area contributed by atoms with E-state index >= 15 is 0 Å². The summed E-state index contributed by atoms with van der Waals surface area (Å²) in [6.45, 7) is 6.27. The summed E-state index contributed by atoms with van der Waals surface area (Å²) in [4.78, 5) is 5.21. The summed E-state index contributed by atoms with van der Waals surface area (Å²) in [5, 5.41) is 4.09. The lowest BCUT2D eigenvalue weighted by Crippen LogP contribution is -2.19. The van der Waals surface area contributed by atoms with Crippen molar-refractivity contribution < 1.29 is 4.84 Å². The smallest absolute Gasteiger partial charge is 0.148 e. The minimum atomic E-state index is 0.0512. The van der Waals surface area contributed by atoms with Crippen LogP contribution in [0.4, 0.5) is 0 Å². The molecule has 0 aliphatic carbocycles. The van der Waals surface area contributed by atoms with Crippen LogP contribution in [-0.4, -0.2) is 17.2 Å². The summed E-state index contributed by atoms with van der Waals surface area (Å²) in [7, 11) is 0. The number of oxime groups is 1. The number of hydrogen-bond acceptors (Lipinski definition) is 2. The van der Waals surface area contributed by atoms with Crippen molar-refractivity contribution in [1.29, 1.82) is 0 Å². The molecule has 0 radical (unpaired) electrons. The normalized spacial score (nSPS) is 27.7. The highest BCUT2D eigenvalue weighted by Crippen LogP contribution is 2.22. The van der Waals surface area contributed by atoms with Gasteiger partial charge in [0.1, 0.15) is 6.10 Å². The van der Waals surface area contributed by atoms with Crippen molar-refractivity contribution in [1.82, 2.24) is 0 Å². The number of rotatable bonds is 3. The number of hydrogen-bond donors (Lipinski definition) is 0. The standard InChI is InChI=1S/C9H16ClNO/c1-4-6(2)8-5-9(7(3)10)12-11-8/h6-7,9H,4-5H2,1-3H3. The summed E-state index contributed by atoms with van der Waals surface area (Å²) in [6.07, 6.45) is 2.11. The molecule has 0 saturated heterocycles. The molecule has 1 aliphatic rings. The molecule has 70 valence electrons. The van der Waals surface area contributed by atoms with E-state index in [1.165, 1.54) is 0 Å². The van der Waals surface area contributed by atoms with E-state index in [9.17, 15) is 0 Å². The van der Waals surface area contributed by atoms with Gasteiger partial charge in [0.2, 0.25) is 0 Å². The van der Waals surface area contributed by atoms with Gasteiger partial charge in [-0.25, -0.2) is 0 Å². The zero-order valence-corrected chi connectivity index (χ0v) is 8.64. The van der Waals surface area contributed by atoms with Crippen LogP contribution in [0.3, 0.4) is 0 Å². The van der Waals surface area contributed by atoms with Gasteiger partial charge < -0.3 is 4.84 Å². The van der Waals surface area contributed by atoms with E-state index in [4.69, 9.17) is 16.4 Å². The molecule has 12 heavy (non-hydrogen) atoms. The predicted octanol–water partition coefficient (Wildman–Crippen LogP) is 2.80. The van der Waals surface area contributed by atoms with Crippen LogP contribution in [0.25, 0.3) is 0 Å². The van der Waals surface area contributed by atoms with E-state index in [1.807, 2.05) is 6.92 Å². The van der Waals surface area contributed by atoms with E-state index in [0.717, 1.165) is 18.6 Å². The predicted molar refractivity (Wildman–Crippen MR) is 51.7 cm³/mol. The molecule has 0 amide bonds. The minimum absolute atomic E-state index is 0.0512. The maximum absolute atomic E-state index is 5.90. The molecule has 2 nitrogen and oxygen atoms in total. The second-order valence-corrected chi connectivity index (χ2v) is 4.11. The number of alkyl halides is 1. The van der Waals surface area contributed by atoms with E-state index < -0.39 is 0 Å². The summed E-state index contributed by atoms with van der Waals surface area (Å²) in [5.41, 5.74) is 1.16. The van der Waals surface area contributed by atoms with Crippen molar-refractivity contribution in [2.75, 3.05) is 0 Å². The van der Waals surface area contributed by atoms with Gasteiger partial charge in [-0.15, -0.1) is 11.6 Å². The van der Waals surface area contributed by atoms with Crippen molar-refractivity contribution >= 4 is 17.3 Å². The zero-order valence-electron chi connectivity index (χ0n) is 7.88. The maximum Gasteiger partial charge on any atom is 0.148 e. The number of halogens is 1. The van der Waals surface area contributed by atoms with Gasteiger partial charge >= 0.3 is 0 Å². The molecule has 1 heterocycles. The molecule has 3 heteroatoms. The van der Waals surface area contributed by atoms with Crippen LogP contribution in [-0.2, 0) is 4.84 Å². The van der Waals surface area contributed by atoms with Gasteiger partial charge in [-0.05, 0) is 19.3 Å². The van der Waals surface area contributed by atoms with Crippen molar-refractivity contribution in [2.24, 2.45) is 11.1 Å². The van der Waals surface area contributed by atoms with E-state index in [-0.39, 0.29) is 11.5 Å². The lowest BCUT2D eigenvalue weighted by molar-refractivity contribution is 0.0854. The molecular weight excluding hydrogens is 174 g/mol. The average molecular weight is 190 g/mol. The Bertz CT molecular complexity index is 179. The molecular formula is C9H16ClNO. The average Bonchev–Trinajstić information content (AvgIpc) is 2.51. The summed E-state index contributed by atoms with van der Waals surface area (Å²) in [5.74, 6) is 0.533. The van der Waals surface area contributed by atoms with Crippen molar-refractivity contribution in [3.63, 3.8) is 0 Å². The molecule has 3 atom stereocenters. The fourth-order valence-electron chi connectivity index (χ4n) is 1.19.